The van der Waals surface area contributed by atoms with E-state index in [0.29, 0.717) is 18.9 Å². The van der Waals surface area contributed by atoms with Crippen LogP contribution < -0.4 is 5.56 Å². The predicted octanol–water partition coefficient (Wildman–Crippen LogP) is 7.45. The summed E-state index contributed by atoms with van der Waals surface area (Å²) in [5.74, 6) is 0.543. The molecule has 0 bridgehead atoms. The fraction of sp³-hybridized carbons (Fsp3) is 0.541. The topological polar surface area (TPSA) is 108 Å². The maximum atomic E-state index is 14.6. The lowest BCUT2D eigenvalue weighted by Crippen LogP contribution is -2.48. The Kier molecular flexibility index (Phi) is 10.1. The first-order valence-corrected chi connectivity index (χ1v) is 17.5. The van der Waals surface area contributed by atoms with E-state index in [1.807, 2.05) is 22.9 Å². The standard InChI is InChI=1S/C37H48N6O3/c1-3-5-8-16-32-31(26-27-18-20-28(21-19-27)29-14-9-10-15-30(29)34-38-40-41-39-34)35(44)43-33(17-13-24-42(32)43)37(22-11-7-12-23-37)36(45)46-25-6-4-2/h9-10,14-15,18-21,33H,3-8,11-13,16-17,22-26H2,1-2H3,(H,38,39,40,41). The lowest BCUT2D eigenvalue weighted by molar-refractivity contribution is -0.163. The molecule has 2 aromatic heterocycles. The van der Waals surface area contributed by atoms with Gasteiger partial charge in [0.25, 0.3) is 5.56 Å². The SMILES string of the molecule is CCCCCc1c(Cc2ccc(-c3ccccc3-c3nnn[nH]3)cc2)c(=O)n2n1CCCC2C1(C(=O)OCCCC)CCCCC1. The van der Waals surface area contributed by atoms with Gasteiger partial charge in [-0.2, -0.15) is 0 Å². The number of unbranched alkanes of at least 4 members (excludes halogenated alkanes) is 3. The Morgan fingerprint density at radius 3 is 2.43 bits per heavy atom. The second-order valence-corrected chi connectivity index (χ2v) is 13.2. The third-order valence-corrected chi connectivity index (χ3v) is 10.2. The molecule has 1 N–H and O–H groups in total. The summed E-state index contributed by atoms with van der Waals surface area (Å²) >= 11 is 0. The van der Waals surface area contributed by atoms with E-state index < -0.39 is 5.41 Å². The Hall–Kier alpha value is -4.01. The average Bonchev–Trinajstić information content (AvgIpc) is 3.73. The second kappa shape index (κ2) is 14.6. The highest BCUT2D eigenvalue weighted by molar-refractivity contribution is 5.80. The third-order valence-electron chi connectivity index (χ3n) is 10.2. The number of hydrogen-bond donors (Lipinski definition) is 1. The molecule has 0 amide bonds. The minimum Gasteiger partial charge on any atom is -0.465 e. The maximum Gasteiger partial charge on any atom is 0.314 e. The van der Waals surface area contributed by atoms with E-state index in [2.05, 4.69) is 69.5 Å². The van der Waals surface area contributed by atoms with Crippen LogP contribution in [0.15, 0.2) is 53.3 Å². The number of aromatic nitrogens is 6. The molecule has 2 aromatic carbocycles. The van der Waals surface area contributed by atoms with Crippen LogP contribution in [0, 0.1) is 5.41 Å². The van der Waals surface area contributed by atoms with Crippen LogP contribution >= 0.6 is 0 Å². The van der Waals surface area contributed by atoms with E-state index in [4.69, 9.17) is 4.74 Å². The zero-order valence-electron chi connectivity index (χ0n) is 27.5. The number of nitrogens with one attached hydrogen (secondary N) is 1. The van der Waals surface area contributed by atoms with Crippen LogP contribution in [0.3, 0.4) is 0 Å². The molecule has 2 aliphatic rings. The number of carbonyl (C=O) groups is 1. The van der Waals surface area contributed by atoms with Crippen LogP contribution in [0.5, 0.6) is 0 Å². The minimum atomic E-state index is -0.627. The molecule has 46 heavy (non-hydrogen) atoms. The van der Waals surface area contributed by atoms with Crippen molar-refractivity contribution in [2.45, 2.75) is 116 Å². The maximum absolute atomic E-state index is 14.6. The van der Waals surface area contributed by atoms with Crippen molar-refractivity contribution in [3.63, 3.8) is 0 Å². The van der Waals surface area contributed by atoms with Gasteiger partial charge >= 0.3 is 5.97 Å². The molecule has 244 valence electrons. The molecule has 1 aliphatic carbocycles. The van der Waals surface area contributed by atoms with Gasteiger partial charge in [0, 0.05) is 29.8 Å². The molecule has 1 aliphatic heterocycles. The number of hydrogen-bond acceptors (Lipinski definition) is 6. The van der Waals surface area contributed by atoms with Crippen LogP contribution in [-0.4, -0.2) is 42.6 Å². The number of carbonyl (C=O) groups excluding carboxylic acids is 1. The van der Waals surface area contributed by atoms with Gasteiger partial charge in [0.15, 0.2) is 5.82 Å². The number of esters is 1. The lowest BCUT2D eigenvalue weighted by Gasteiger charge is -2.44. The number of H-pyrrole nitrogens is 1. The summed E-state index contributed by atoms with van der Waals surface area (Å²) in [5, 5.41) is 14.5. The van der Waals surface area contributed by atoms with Crippen molar-refractivity contribution in [1.82, 2.24) is 30.0 Å². The molecule has 0 saturated heterocycles. The molecule has 1 unspecified atom stereocenters. The molecule has 4 aromatic rings. The lowest BCUT2D eigenvalue weighted by atomic mass is 9.67. The first-order valence-electron chi connectivity index (χ1n) is 17.5. The molecule has 9 heteroatoms. The molecule has 0 spiro atoms. The smallest absolute Gasteiger partial charge is 0.314 e. The fourth-order valence-corrected chi connectivity index (χ4v) is 7.81. The van der Waals surface area contributed by atoms with Crippen molar-refractivity contribution < 1.29 is 9.53 Å². The summed E-state index contributed by atoms with van der Waals surface area (Å²) in [6.07, 6.45) is 13.2. The van der Waals surface area contributed by atoms with E-state index in [-0.39, 0.29) is 17.6 Å². The number of ether oxygens (including phenoxy) is 1. The van der Waals surface area contributed by atoms with Crippen LogP contribution in [-0.2, 0) is 28.9 Å². The fourth-order valence-electron chi connectivity index (χ4n) is 7.81. The Balaban J connectivity index is 1.35. The van der Waals surface area contributed by atoms with E-state index in [1.54, 1.807) is 0 Å². The summed E-state index contributed by atoms with van der Waals surface area (Å²) in [5.41, 5.74) is 5.63. The van der Waals surface area contributed by atoms with Gasteiger partial charge in [-0.25, -0.2) is 9.78 Å². The number of aromatic amines is 1. The highest BCUT2D eigenvalue weighted by Gasteiger charge is 2.50. The first-order chi connectivity index (χ1) is 22.6. The summed E-state index contributed by atoms with van der Waals surface area (Å²) < 4.78 is 10.2. The Labute approximate surface area is 271 Å². The zero-order valence-corrected chi connectivity index (χ0v) is 27.5. The average molecular weight is 625 g/mol. The number of tetrazole rings is 1. The molecule has 6 rings (SSSR count). The van der Waals surface area contributed by atoms with Crippen LogP contribution in [0.2, 0.25) is 0 Å². The summed E-state index contributed by atoms with van der Waals surface area (Å²) in [6, 6.07) is 16.4. The van der Waals surface area contributed by atoms with Crippen molar-refractivity contribution >= 4 is 5.97 Å². The number of benzene rings is 2. The zero-order chi connectivity index (χ0) is 31.9. The van der Waals surface area contributed by atoms with Crippen LogP contribution in [0.4, 0.5) is 0 Å². The van der Waals surface area contributed by atoms with Gasteiger partial charge in [-0.1, -0.05) is 101 Å². The predicted molar refractivity (Wildman–Crippen MR) is 179 cm³/mol. The van der Waals surface area contributed by atoms with Crippen molar-refractivity contribution in [3.8, 4) is 22.5 Å². The number of fused-ring (bicyclic) bond motifs is 1. The monoisotopic (exact) mass is 624 g/mol. The van der Waals surface area contributed by atoms with Gasteiger partial charge < -0.3 is 4.74 Å². The molecule has 1 fully saturated rings. The van der Waals surface area contributed by atoms with E-state index >= 15 is 0 Å². The van der Waals surface area contributed by atoms with Gasteiger partial charge in [-0.05, 0) is 72.1 Å². The number of nitrogens with zero attached hydrogens (tertiary/aromatic N) is 5. The van der Waals surface area contributed by atoms with Gasteiger partial charge in [0.2, 0.25) is 0 Å². The molecule has 0 radical (unpaired) electrons. The molecule has 9 nitrogen and oxygen atoms in total. The summed E-state index contributed by atoms with van der Waals surface area (Å²) in [7, 11) is 0. The van der Waals surface area contributed by atoms with Crippen LogP contribution in [0.25, 0.3) is 22.5 Å². The van der Waals surface area contributed by atoms with Crippen molar-refractivity contribution in [2.75, 3.05) is 6.61 Å². The first kappa shape index (κ1) is 32.0. The number of rotatable bonds is 13. The Bertz CT molecular complexity index is 1650. The van der Waals surface area contributed by atoms with Gasteiger partial charge in [-0.15, -0.1) is 5.10 Å². The van der Waals surface area contributed by atoms with E-state index in [1.165, 1.54) is 0 Å². The molecule has 1 saturated carbocycles. The van der Waals surface area contributed by atoms with Crippen LogP contribution in [0.1, 0.15) is 114 Å². The van der Waals surface area contributed by atoms with E-state index in [9.17, 15) is 9.59 Å². The van der Waals surface area contributed by atoms with Crippen molar-refractivity contribution in [1.29, 1.82) is 0 Å². The summed E-state index contributed by atoms with van der Waals surface area (Å²) in [6.45, 7) is 5.61. The highest BCUT2D eigenvalue weighted by Crippen LogP contribution is 2.49. The third kappa shape index (κ3) is 6.33. The Morgan fingerprint density at radius 1 is 0.957 bits per heavy atom. The van der Waals surface area contributed by atoms with Gasteiger partial charge in [-0.3, -0.25) is 14.3 Å². The summed E-state index contributed by atoms with van der Waals surface area (Å²) in [4.78, 5) is 28.5. The molecular formula is C37H48N6O3. The normalized spacial score (nSPS) is 17.5. The van der Waals surface area contributed by atoms with E-state index in [0.717, 1.165) is 124 Å². The minimum absolute atomic E-state index is 0.0785. The molecule has 1 atom stereocenters. The quantitative estimate of drug-likeness (QED) is 0.122. The molecule has 3 heterocycles. The largest absolute Gasteiger partial charge is 0.465 e. The second-order valence-electron chi connectivity index (χ2n) is 13.2. The van der Waals surface area contributed by atoms with Gasteiger partial charge in [0.05, 0.1) is 18.1 Å². The van der Waals surface area contributed by atoms with Crippen molar-refractivity contribution in [3.05, 3.63) is 75.7 Å². The van der Waals surface area contributed by atoms with Crippen molar-refractivity contribution in [2.24, 2.45) is 5.41 Å². The molecular weight excluding hydrogens is 576 g/mol. The van der Waals surface area contributed by atoms with Gasteiger partial charge in [0.1, 0.15) is 0 Å². The Morgan fingerprint density at radius 2 is 1.72 bits per heavy atom. The highest BCUT2D eigenvalue weighted by atomic mass is 16.5.